The Morgan fingerprint density at radius 2 is 0.983 bits per heavy atom. The molecule has 0 saturated heterocycles. The van der Waals surface area contributed by atoms with Crippen LogP contribution in [0.4, 0.5) is 0 Å². The van der Waals surface area contributed by atoms with Gasteiger partial charge in [0.25, 0.3) is 0 Å². The average Bonchev–Trinajstić information content (AvgIpc) is 3.80. The van der Waals surface area contributed by atoms with Gasteiger partial charge in [-0.3, -0.25) is 0 Å². The Morgan fingerprint density at radius 1 is 0.417 bits per heavy atom. The molecule has 60 heavy (non-hydrogen) atoms. The van der Waals surface area contributed by atoms with Crippen molar-refractivity contribution >= 4 is 45.0 Å². The summed E-state index contributed by atoms with van der Waals surface area (Å²) in [5.74, 6) is 1.53. The van der Waals surface area contributed by atoms with Gasteiger partial charge in [0.15, 0.2) is 24.6 Å². The number of para-hydroxylation sites is 1. The lowest BCUT2D eigenvalue weighted by molar-refractivity contribution is 0.592. The summed E-state index contributed by atoms with van der Waals surface area (Å²) in [6.45, 7) is 4.62. The van der Waals surface area contributed by atoms with Gasteiger partial charge in [0.05, 0.1) is 0 Å². The highest BCUT2D eigenvalue weighted by Gasteiger charge is 2.35. The molecule has 0 radical (unpaired) electrons. The Morgan fingerprint density at radius 3 is 1.72 bits per heavy atom. The number of benzene rings is 8. The van der Waals surface area contributed by atoms with Crippen LogP contribution in [0.5, 0.6) is 0 Å². The number of rotatable bonds is 7. The maximum absolute atomic E-state index is 15.5. The van der Waals surface area contributed by atoms with E-state index in [4.69, 9.17) is 19.4 Å². The van der Waals surface area contributed by atoms with Crippen LogP contribution in [0.25, 0.3) is 78.4 Å². The summed E-state index contributed by atoms with van der Waals surface area (Å²) < 4.78 is 22.1. The van der Waals surface area contributed by atoms with Crippen molar-refractivity contribution in [3.05, 3.63) is 205 Å². The van der Waals surface area contributed by atoms with E-state index in [0.29, 0.717) is 22.8 Å². The van der Waals surface area contributed by atoms with E-state index in [1.54, 1.807) is 0 Å². The third-order valence-electron chi connectivity index (χ3n) is 12.0. The monoisotopic (exact) mass is 791 g/mol. The van der Waals surface area contributed by atoms with Crippen molar-refractivity contribution in [1.29, 1.82) is 0 Å². The number of furan rings is 1. The summed E-state index contributed by atoms with van der Waals surface area (Å²) in [7, 11) is -3.26. The van der Waals surface area contributed by atoms with Crippen LogP contribution in [0.2, 0.25) is 0 Å². The topological polar surface area (TPSA) is 68.9 Å². The molecule has 286 valence electrons. The second-order valence-corrected chi connectivity index (χ2v) is 18.7. The van der Waals surface area contributed by atoms with Crippen LogP contribution in [0.1, 0.15) is 25.0 Å². The molecule has 0 fully saturated rings. The van der Waals surface area contributed by atoms with Gasteiger partial charge in [-0.05, 0) is 63.7 Å². The third-order valence-corrected chi connectivity index (χ3v) is 15.1. The Balaban J connectivity index is 1.12. The Kier molecular flexibility index (Phi) is 8.37. The molecule has 0 unspecified atom stereocenters. The average molecular weight is 792 g/mol. The minimum atomic E-state index is -3.26. The second kappa shape index (κ2) is 14.0. The minimum absolute atomic E-state index is 0.162. The van der Waals surface area contributed by atoms with Crippen molar-refractivity contribution in [2.24, 2.45) is 0 Å². The number of aromatic nitrogens is 3. The first-order valence-electron chi connectivity index (χ1n) is 20.2. The summed E-state index contributed by atoms with van der Waals surface area (Å²) in [4.78, 5) is 15.5. The molecule has 0 amide bonds. The Hall–Kier alpha value is -7.20. The maximum atomic E-state index is 15.5. The molecule has 6 heteroatoms. The van der Waals surface area contributed by atoms with Crippen LogP contribution in [0.15, 0.2) is 199 Å². The van der Waals surface area contributed by atoms with E-state index in [9.17, 15) is 0 Å². The lowest BCUT2D eigenvalue weighted by Gasteiger charge is -2.22. The van der Waals surface area contributed by atoms with Gasteiger partial charge in [0.1, 0.15) is 11.2 Å². The molecule has 5 nitrogen and oxygen atoms in total. The zero-order chi connectivity index (χ0) is 40.4. The van der Waals surface area contributed by atoms with Gasteiger partial charge in [-0.2, -0.15) is 0 Å². The number of fused-ring (bicyclic) bond motifs is 6. The highest BCUT2D eigenvalue weighted by atomic mass is 31.2. The highest BCUT2D eigenvalue weighted by molar-refractivity contribution is 7.85. The molecule has 0 spiro atoms. The van der Waals surface area contributed by atoms with Crippen molar-refractivity contribution in [2.75, 3.05) is 0 Å². The lowest BCUT2D eigenvalue weighted by atomic mass is 9.81. The minimum Gasteiger partial charge on any atom is -0.456 e. The van der Waals surface area contributed by atoms with Crippen LogP contribution >= 0.6 is 7.14 Å². The van der Waals surface area contributed by atoms with Gasteiger partial charge in [0.2, 0.25) is 0 Å². The molecule has 1 aliphatic carbocycles. The van der Waals surface area contributed by atoms with Gasteiger partial charge < -0.3 is 8.98 Å². The molecule has 8 aromatic carbocycles. The Labute approximate surface area is 348 Å². The largest absolute Gasteiger partial charge is 0.456 e. The zero-order valence-corrected chi connectivity index (χ0v) is 34.0. The van der Waals surface area contributed by atoms with Crippen molar-refractivity contribution in [3.63, 3.8) is 0 Å². The molecular formula is C54H38N3O2P. The summed E-state index contributed by atoms with van der Waals surface area (Å²) >= 11 is 0. The van der Waals surface area contributed by atoms with Crippen molar-refractivity contribution in [1.82, 2.24) is 15.0 Å². The normalized spacial score (nSPS) is 13.0. The van der Waals surface area contributed by atoms with Crippen molar-refractivity contribution in [3.8, 4) is 56.4 Å². The number of hydrogen-bond acceptors (Lipinski definition) is 5. The van der Waals surface area contributed by atoms with Gasteiger partial charge >= 0.3 is 0 Å². The first-order valence-corrected chi connectivity index (χ1v) is 21.9. The molecule has 11 rings (SSSR count). The fourth-order valence-electron chi connectivity index (χ4n) is 9.00. The van der Waals surface area contributed by atoms with Gasteiger partial charge in [-0.15, -0.1) is 0 Å². The maximum Gasteiger partial charge on any atom is 0.171 e. The predicted octanol–water partition coefficient (Wildman–Crippen LogP) is 12.4. The molecule has 0 bridgehead atoms. The quantitative estimate of drug-likeness (QED) is 0.150. The van der Waals surface area contributed by atoms with E-state index in [1.165, 1.54) is 22.3 Å². The Bertz CT molecular complexity index is 3280. The van der Waals surface area contributed by atoms with E-state index in [0.717, 1.165) is 60.4 Å². The van der Waals surface area contributed by atoms with Gasteiger partial charge in [-0.1, -0.05) is 178 Å². The molecule has 0 N–H and O–H groups in total. The van der Waals surface area contributed by atoms with Crippen LogP contribution in [0, 0.1) is 0 Å². The molecule has 0 saturated carbocycles. The molecule has 0 atom stereocenters. The SMILES string of the molecule is CC1(C)c2ccccc2-c2ccc(-c3cc(-c4nc(-c5ccccc5)nc(-c5cccc(P(=O)(c6ccccc6)c6ccccc6)c5)n4)cc4oc5ccccc5c34)cc21. The summed E-state index contributed by atoms with van der Waals surface area (Å²) in [5.41, 5.74) is 11.1. The van der Waals surface area contributed by atoms with E-state index in [2.05, 4.69) is 80.6 Å². The van der Waals surface area contributed by atoms with Gasteiger partial charge in [0, 0.05) is 48.8 Å². The number of nitrogens with zero attached hydrogens (tertiary/aromatic N) is 3. The number of hydrogen-bond donors (Lipinski definition) is 0. The summed E-state index contributed by atoms with van der Waals surface area (Å²) in [6, 6.07) is 65.3. The molecule has 1 aliphatic rings. The second-order valence-electron chi connectivity index (χ2n) is 15.9. The molecule has 2 aromatic heterocycles. The first kappa shape index (κ1) is 35.9. The summed E-state index contributed by atoms with van der Waals surface area (Å²) in [5, 5.41) is 4.33. The van der Waals surface area contributed by atoms with Crippen LogP contribution in [-0.4, -0.2) is 15.0 Å². The standard InChI is InChI=1S/C54H38N3O2P/c1-54(2)46-27-14-12-25-42(46)43-30-29-36(33-47(43)54)45-32-38(34-49-50(45)44-26-13-15-28-48(44)59-49)53-56-51(35-17-6-3-7-18-35)55-52(57-53)37-19-16-24-41(31-37)60(58,39-20-8-4-9-21-39)40-22-10-5-11-23-40/h3-34H,1-2H3. The lowest BCUT2D eigenvalue weighted by Crippen LogP contribution is -2.25. The van der Waals surface area contributed by atoms with Crippen LogP contribution in [0.3, 0.4) is 0 Å². The van der Waals surface area contributed by atoms with Crippen molar-refractivity contribution in [2.45, 2.75) is 19.3 Å². The fraction of sp³-hybridized carbons (Fsp3) is 0.0556. The predicted molar refractivity (Wildman–Crippen MR) is 246 cm³/mol. The fourth-order valence-corrected chi connectivity index (χ4v) is 11.7. The molecular weight excluding hydrogens is 754 g/mol. The van der Waals surface area contributed by atoms with E-state index in [-0.39, 0.29) is 5.41 Å². The molecule has 10 aromatic rings. The van der Waals surface area contributed by atoms with E-state index in [1.807, 2.05) is 127 Å². The van der Waals surface area contributed by atoms with E-state index < -0.39 is 7.14 Å². The molecule has 0 aliphatic heterocycles. The van der Waals surface area contributed by atoms with Crippen LogP contribution < -0.4 is 15.9 Å². The summed E-state index contributed by atoms with van der Waals surface area (Å²) in [6.07, 6.45) is 0. The first-order chi connectivity index (χ1) is 29.4. The van der Waals surface area contributed by atoms with Crippen LogP contribution in [-0.2, 0) is 9.98 Å². The van der Waals surface area contributed by atoms with Crippen molar-refractivity contribution < 1.29 is 8.98 Å². The van der Waals surface area contributed by atoms with E-state index >= 15 is 4.57 Å². The molecule has 2 heterocycles. The third kappa shape index (κ3) is 5.77. The van der Waals surface area contributed by atoms with Gasteiger partial charge in [-0.25, -0.2) is 15.0 Å². The highest BCUT2D eigenvalue weighted by Crippen LogP contribution is 2.50. The smallest absolute Gasteiger partial charge is 0.171 e. The zero-order valence-electron chi connectivity index (χ0n) is 33.1.